The largest absolute Gasteiger partial charge is 0.480 e. The molecule has 1 unspecified atom stereocenters. The Morgan fingerprint density at radius 2 is 2.05 bits per heavy atom. The lowest BCUT2D eigenvalue weighted by Gasteiger charge is -2.27. The second-order valence-corrected chi connectivity index (χ2v) is 6.26. The summed E-state index contributed by atoms with van der Waals surface area (Å²) in [6.45, 7) is 3.34. The minimum absolute atomic E-state index is 0.579. The van der Waals surface area contributed by atoms with Gasteiger partial charge in [0.1, 0.15) is 6.04 Å². The molecule has 0 bridgehead atoms. The number of carboxylic acid groups (broad SMARTS) is 1. The van der Waals surface area contributed by atoms with Crippen molar-refractivity contribution in [2.45, 2.75) is 12.5 Å². The van der Waals surface area contributed by atoms with Crippen LogP contribution in [0.2, 0.25) is 0 Å². The minimum Gasteiger partial charge on any atom is -0.480 e. The van der Waals surface area contributed by atoms with Crippen molar-refractivity contribution in [2.75, 3.05) is 26.2 Å². The second-order valence-electron chi connectivity index (χ2n) is 4.55. The molecule has 6 heteroatoms. The van der Waals surface area contributed by atoms with E-state index in [2.05, 4.69) is 37.2 Å². The van der Waals surface area contributed by atoms with E-state index in [4.69, 9.17) is 0 Å². The van der Waals surface area contributed by atoms with Crippen LogP contribution in [-0.4, -0.2) is 42.2 Å². The van der Waals surface area contributed by atoms with Crippen molar-refractivity contribution in [2.24, 2.45) is 0 Å². The van der Waals surface area contributed by atoms with Crippen LogP contribution in [0.25, 0.3) is 0 Å². The quantitative estimate of drug-likeness (QED) is 0.831. The Morgan fingerprint density at radius 1 is 1.26 bits per heavy atom. The topological polar surface area (TPSA) is 52.6 Å². The number of aliphatic carboxylic acids is 1. The first-order valence-electron chi connectivity index (χ1n) is 6.22. The van der Waals surface area contributed by atoms with Crippen molar-refractivity contribution in [3.05, 3.63) is 32.7 Å². The number of hydrogen-bond acceptors (Lipinski definition) is 3. The van der Waals surface area contributed by atoms with Crippen LogP contribution in [0, 0.1) is 0 Å². The van der Waals surface area contributed by atoms with Gasteiger partial charge in [-0.3, -0.25) is 9.69 Å². The van der Waals surface area contributed by atoms with E-state index < -0.39 is 12.0 Å². The van der Waals surface area contributed by atoms with Crippen molar-refractivity contribution >= 4 is 37.8 Å². The first kappa shape index (κ1) is 15.0. The molecular weight excluding hydrogens is 376 g/mol. The number of halogens is 2. The van der Waals surface area contributed by atoms with Crippen LogP contribution in [0.15, 0.2) is 27.1 Å². The molecule has 1 aliphatic rings. The predicted molar refractivity (Wildman–Crippen MR) is 81.3 cm³/mol. The zero-order valence-electron chi connectivity index (χ0n) is 10.4. The molecule has 4 nitrogen and oxygen atoms in total. The highest BCUT2D eigenvalue weighted by Crippen LogP contribution is 2.29. The van der Waals surface area contributed by atoms with E-state index in [1.807, 2.05) is 23.1 Å². The Bertz CT molecular complexity index is 460. The fourth-order valence-corrected chi connectivity index (χ4v) is 2.96. The average molecular weight is 392 g/mol. The summed E-state index contributed by atoms with van der Waals surface area (Å²) in [4.78, 5) is 13.6. The molecule has 1 atom stereocenters. The van der Waals surface area contributed by atoms with E-state index in [1.54, 1.807) is 0 Å². The average Bonchev–Trinajstić information content (AvgIpc) is 2.62. The summed E-state index contributed by atoms with van der Waals surface area (Å²) in [6.07, 6.45) is 0.974. The number of nitrogens with one attached hydrogen (secondary N) is 1. The molecular formula is C13H16Br2N2O2. The molecule has 1 fully saturated rings. The summed E-state index contributed by atoms with van der Waals surface area (Å²) in [5, 5.41) is 12.8. The van der Waals surface area contributed by atoms with Crippen LogP contribution in [0.1, 0.15) is 18.0 Å². The van der Waals surface area contributed by atoms with E-state index in [1.165, 1.54) is 0 Å². The predicted octanol–water partition coefficient (Wildman–Crippen LogP) is 2.63. The molecule has 2 N–H and O–H groups in total. The van der Waals surface area contributed by atoms with Gasteiger partial charge in [0, 0.05) is 28.6 Å². The molecule has 0 saturated carbocycles. The smallest absolute Gasteiger partial charge is 0.325 e. The number of carbonyl (C=O) groups is 1. The maximum atomic E-state index is 11.6. The Morgan fingerprint density at radius 3 is 2.74 bits per heavy atom. The molecule has 0 aliphatic carbocycles. The highest BCUT2D eigenvalue weighted by molar-refractivity contribution is 9.13. The molecule has 1 saturated heterocycles. The van der Waals surface area contributed by atoms with Crippen LogP contribution in [-0.2, 0) is 4.79 Å². The van der Waals surface area contributed by atoms with Gasteiger partial charge in [-0.05, 0) is 62.5 Å². The van der Waals surface area contributed by atoms with Gasteiger partial charge in [0.15, 0.2) is 0 Å². The van der Waals surface area contributed by atoms with Crippen LogP contribution in [0.3, 0.4) is 0 Å². The van der Waals surface area contributed by atoms with Gasteiger partial charge in [-0.25, -0.2) is 0 Å². The third-order valence-electron chi connectivity index (χ3n) is 3.23. The van der Waals surface area contributed by atoms with Crippen molar-refractivity contribution < 1.29 is 9.90 Å². The van der Waals surface area contributed by atoms with Crippen LogP contribution in [0.5, 0.6) is 0 Å². The lowest BCUT2D eigenvalue weighted by molar-refractivity contribution is -0.143. The first-order chi connectivity index (χ1) is 9.09. The van der Waals surface area contributed by atoms with Crippen LogP contribution >= 0.6 is 31.9 Å². The van der Waals surface area contributed by atoms with Crippen molar-refractivity contribution in [1.82, 2.24) is 10.2 Å². The molecule has 1 aromatic rings. The van der Waals surface area contributed by atoms with Gasteiger partial charge in [-0.1, -0.05) is 6.07 Å². The van der Waals surface area contributed by atoms with Gasteiger partial charge in [-0.2, -0.15) is 0 Å². The fraction of sp³-hybridized carbons (Fsp3) is 0.462. The Hall–Kier alpha value is -0.430. The normalized spacial score (nSPS) is 18.8. The molecule has 0 radical (unpaired) electrons. The lowest BCUT2D eigenvalue weighted by atomic mass is 10.1. The zero-order chi connectivity index (χ0) is 13.8. The third kappa shape index (κ3) is 3.78. The number of nitrogens with zero attached hydrogens (tertiary/aromatic N) is 1. The Balaban J connectivity index is 2.27. The van der Waals surface area contributed by atoms with Crippen LogP contribution in [0.4, 0.5) is 0 Å². The van der Waals surface area contributed by atoms with E-state index in [0.717, 1.165) is 47.1 Å². The minimum atomic E-state index is -0.795. The van der Waals surface area contributed by atoms with E-state index in [-0.39, 0.29) is 0 Å². The first-order valence-corrected chi connectivity index (χ1v) is 7.80. The molecule has 0 amide bonds. The molecule has 104 valence electrons. The van der Waals surface area contributed by atoms with E-state index in [9.17, 15) is 9.90 Å². The number of benzene rings is 1. The number of carboxylic acids is 1. The molecule has 1 aliphatic heterocycles. The van der Waals surface area contributed by atoms with Gasteiger partial charge >= 0.3 is 5.97 Å². The van der Waals surface area contributed by atoms with Gasteiger partial charge < -0.3 is 10.4 Å². The third-order valence-corrected chi connectivity index (χ3v) is 5.11. The van der Waals surface area contributed by atoms with Crippen molar-refractivity contribution in [3.8, 4) is 0 Å². The fourth-order valence-electron chi connectivity index (χ4n) is 2.32. The lowest BCUT2D eigenvalue weighted by Crippen LogP contribution is -2.36. The molecule has 1 heterocycles. The standard InChI is InChI=1S/C13H16Br2N2O2/c14-10-3-2-9(8-11(10)15)12(13(18)19)17-6-1-4-16-5-7-17/h2-3,8,12,16H,1,4-7H2,(H,18,19). The van der Waals surface area contributed by atoms with Gasteiger partial charge in [0.05, 0.1) is 0 Å². The second kappa shape index (κ2) is 6.83. The Kier molecular flexibility index (Phi) is 5.38. The maximum absolute atomic E-state index is 11.6. The summed E-state index contributed by atoms with van der Waals surface area (Å²) in [5.74, 6) is -0.795. The van der Waals surface area contributed by atoms with E-state index >= 15 is 0 Å². The number of rotatable bonds is 3. The zero-order valence-corrected chi connectivity index (χ0v) is 13.6. The SMILES string of the molecule is O=C(O)C(c1ccc(Br)c(Br)c1)N1CCCNCC1. The molecule has 0 aromatic heterocycles. The van der Waals surface area contributed by atoms with Gasteiger partial charge in [0.2, 0.25) is 0 Å². The number of hydrogen-bond donors (Lipinski definition) is 2. The summed E-state index contributed by atoms with van der Waals surface area (Å²) in [6, 6.07) is 5.04. The summed E-state index contributed by atoms with van der Waals surface area (Å²) in [5.41, 5.74) is 0.810. The summed E-state index contributed by atoms with van der Waals surface area (Å²) >= 11 is 6.84. The highest BCUT2D eigenvalue weighted by atomic mass is 79.9. The van der Waals surface area contributed by atoms with Crippen molar-refractivity contribution in [3.63, 3.8) is 0 Å². The van der Waals surface area contributed by atoms with Gasteiger partial charge in [0.25, 0.3) is 0 Å². The summed E-state index contributed by atoms with van der Waals surface area (Å²) in [7, 11) is 0. The van der Waals surface area contributed by atoms with Crippen molar-refractivity contribution in [1.29, 1.82) is 0 Å². The maximum Gasteiger partial charge on any atom is 0.325 e. The molecule has 1 aromatic carbocycles. The highest BCUT2D eigenvalue weighted by Gasteiger charge is 2.28. The molecule has 0 spiro atoms. The van der Waals surface area contributed by atoms with Crippen LogP contribution < -0.4 is 5.32 Å². The monoisotopic (exact) mass is 390 g/mol. The molecule has 19 heavy (non-hydrogen) atoms. The Labute approximate surface area is 129 Å². The molecule has 2 rings (SSSR count). The van der Waals surface area contributed by atoms with Gasteiger partial charge in [-0.15, -0.1) is 0 Å². The summed E-state index contributed by atoms with van der Waals surface area (Å²) < 4.78 is 1.81. The van der Waals surface area contributed by atoms with E-state index in [0.29, 0.717) is 0 Å².